The number of nitrogens with zero attached hydrogens (tertiary/aromatic N) is 2. The van der Waals surface area contributed by atoms with E-state index in [0.717, 1.165) is 25.9 Å². The SMILES string of the molecule is N#CC(CCOc1ccccc1F)C(=O)N1CCCC1. The summed E-state index contributed by atoms with van der Waals surface area (Å²) in [7, 11) is 0. The number of benzene rings is 1. The minimum absolute atomic E-state index is 0.137. The molecule has 0 aliphatic carbocycles. The molecule has 1 aliphatic heterocycles. The van der Waals surface area contributed by atoms with Crippen molar-refractivity contribution < 1.29 is 13.9 Å². The van der Waals surface area contributed by atoms with Crippen LogP contribution in [-0.2, 0) is 4.79 Å². The van der Waals surface area contributed by atoms with E-state index in [2.05, 4.69) is 0 Å². The zero-order valence-electron chi connectivity index (χ0n) is 11.2. The van der Waals surface area contributed by atoms with Gasteiger partial charge in [0.05, 0.1) is 12.7 Å². The van der Waals surface area contributed by atoms with E-state index in [4.69, 9.17) is 10.00 Å². The predicted molar refractivity (Wildman–Crippen MR) is 71.4 cm³/mol. The van der Waals surface area contributed by atoms with Crippen molar-refractivity contribution in [2.75, 3.05) is 19.7 Å². The van der Waals surface area contributed by atoms with Crippen LogP contribution in [0.5, 0.6) is 5.75 Å². The van der Waals surface area contributed by atoms with Crippen LogP contribution in [0.3, 0.4) is 0 Å². The van der Waals surface area contributed by atoms with E-state index in [1.54, 1.807) is 17.0 Å². The Labute approximate surface area is 117 Å². The summed E-state index contributed by atoms with van der Waals surface area (Å²) in [6, 6.07) is 8.11. The van der Waals surface area contributed by atoms with Crippen molar-refractivity contribution in [1.82, 2.24) is 4.90 Å². The smallest absolute Gasteiger partial charge is 0.240 e. The Kier molecular flexibility index (Phi) is 4.94. The van der Waals surface area contributed by atoms with Gasteiger partial charge in [-0.15, -0.1) is 0 Å². The Morgan fingerprint density at radius 2 is 2.10 bits per heavy atom. The van der Waals surface area contributed by atoms with Crippen molar-refractivity contribution in [2.45, 2.75) is 19.3 Å². The van der Waals surface area contributed by atoms with Crippen molar-refractivity contribution >= 4 is 5.91 Å². The van der Waals surface area contributed by atoms with E-state index in [9.17, 15) is 9.18 Å². The van der Waals surface area contributed by atoms with E-state index in [1.165, 1.54) is 12.1 Å². The number of hydrogen-bond acceptors (Lipinski definition) is 3. The molecule has 1 amide bonds. The lowest BCUT2D eigenvalue weighted by Gasteiger charge is -2.18. The molecule has 1 aliphatic rings. The van der Waals surface area contributed by atoms with E-state index in [0.29, 0.717) is 0 Å². The fraction of sp³-hybridized carbons (Fsp3) is 0.467. The molecular weight excluding hydrogens is 259 g/mol. The number of likely N-dealkylation sites (tertiary alicyclic amines) is 1. The summed E-state index contributed by atoms with van der Waals surface area (Å²) in [6.07, 6.45) is 2.27. The molecule has 1 unspecified atom stereocenters. The minimum atomic E-state index is -0.708. The monoisotopic (exact) mass is 276 g/mol. The fourth-order valence-electron chi connectivity index (χ4n) is 2.25. The summed E-state index contributed by atoms with van der Waals surface area (Å²) < 4.78 is 18.6. The molecule has 1 aromatic carbocycles. The molecule has 5 heteroatoms. The minimum Gasteiger partial charge on any atom is -0.490 e. The molecule has 0 spiro atoms. The highest BCUT2D eigenvalue weighted by Crippen LogP contribution is 2.18. The molecule has 4 nitrogen and oxygen atoms in total. The Hall–Kier alpha value is -2.09. The highest BCUT2D eigenvalue weighted by atomic mass is 19.1. The van der Waals surface area contributed by atoms with Crippen LogP contribution in [0.1, 0.15) is 19.3 Å². The van der Waals surface area contributed by atoms with Gasteiger partial charge >= 0.3 is 0 Å². The third kappa shape index (κ3) is 3.47. The number of ether oxygens (including phenoxy) is 1. The van der Waals surface area contributed by atoms with Crippen LogP contribution in [0, 0.1) is 23.1 Å². The number of para-hydroxylation sites is 1. The van der Waals surface area contributed by atoms with Crippen molar-refractivity contribution in [1.29, 1.82) is 5.26 Å². The van der Waals surface area contributed by atoms with Crippen molar-refractivity contribution in [3.8, 4) is 11.8 Å². The summed E-state index contributed by atoms with van der Waals surface area (Å²) in [4.78, 5) is 13.8. The van der Waals surface area contributed by atoms with Crippen LogP contribution >= 0.6 is 0 Å². The van der Waals surface area contributed by atoms with Gasteiger partial charge in [-0.25, -0.2) is 4.39 Å². The average Bonchev–Trinajstić information content (AvgIpc) is 2.99. The van der Waals surface area contributed by atoms with Crippen molar-refractivity contribution in [2.24, 2.45) is 5.92 Å². The first-order valence-electron chi connectivity index (χ1n) is 6.78. The number of halogens is 1. The molecule has 0 saturated carbocycles. The molecule has 2 rings (SSSR count). The maximum atomic E-state index is 13.3. The molecule has 1 aromatic rings. The Bertz CT molecular complexity index is 507. The number of carbonyl (C=O) groups is 1. The second kappa shape index (κ2) is 6.90. The topological polar surface area (TPSA) is 53.3 Å². The van der Waals surface area contributed by atoms with E-state index in [1.807, 2.05) is 6.07 Å². The Balaban J connectivity index is 1.84. The zero-order valence-corrected chi connectivity index (χ0v) is 11.2. The summed E-state index contributed by atoms with van der Waals surface area (Å²) in [5.41, 5.74) is 0. The number of hydrogen-bond donors (Lipinski definition) is 0. The van der Waals surface area contributed by atoms with E-state index < -0.39 is 11.7 Å². The summed E-state index contributed by atoms with van der Waals surface area (Å²) in [6.45, 7) is 1.61. The van der Waals surface area contributed by atoms with Crippen LogP contribution in [0.25, 0.3) is 0 Å². The Morgan fingerprint density at radius 3 is 2.75 bits per heavy atom. The molecular formula is C15H17FN2O2. The van der Waals surface area contributed by atoms with Gasteiger partial charge in [0.15, 0.2) is 11.6 Å². The highest BCUT2D eigenvalue weighted by Gasteiger charge is 2.26. The molecule has 1 fully saturated rings. The van der Waals surface area contributed by atoms with Gasteiger partial charge < -0.3 is 9.64 Å². The van der Waals surface area contributed by atoms with Gasteiger partial charge in [-0.1, -0.05) is 12.1 Å². The second-order valence-corrected chi connectivity index (χ2v) is 4.78. The normalized spacial score (nSPS) is 15.7. The van der Waals surface area contributed by atoms with Crippen LogP contribution in [0.4, 0.5) is 4.39 Å². The first kappa shape index (κ1) is 14.3. The van der Waals surface area contributed by atoms with E-state index in [-0.39, 0.29) is 24.7 Å². The van der Waals surface area contributed by atoms with Gasteiger partial charge in [0, 0.05) is 19.5 Å². The molecule has 0 radical (unpaired) electrons. The van der Waals surface area contributed by atoms with Gasteiger partial charge in [0.1, 0.15) is 5.92 Å². The largest absolute Gasteiger partial charge is 0.490 e. The molecule has 0 aromatic heterocycles. The summed E-state index contributed by atoms with van der Waals surface area (Å²) >= 11 is 0. The van der Waals surface area contributed by atoms with Crippen molar-refractivity contribution in [3.05, 3.63) is 30.1 Å². The number of amides is 1. The molecule has 106 valence electrons. The van der Waals surface area contributed by atoms with E-state index >= 15 is 0 Å². The molecule has 20 heavy (non-hydrogen) atoms. The van der Waals surface area contributed by atoms with Crippen LogP contribution in [-0.4, -0.2) is 30.5 Å². The summed E-state index contributed by atoms with van der Waals surface area (Å²) in [5.74, 6) is -1.13. The van der Waals surface area contributed by atoms with Gasteiger partial charge in [0.25, 0.3) is 0 Å². The maximum Gasteiger partial charge on any atom is 0.240 e. The second-order valence-electron chi connectivity index (χ2n) is 4.78. The first-order valence-corrected chi connectivity index (χ1v) is 6.78. The van der Waals surface area contributed by atoms with Crippen LogP contribution < -0.4 is 4.74 Å². The highest BCUT2D eigenvalue weighted by molar-refractivity contribution is 5.81. The number of nitriles is 1. The molecule has 1 saturated heterocycles. The fourth-order valence-corrected chi connectivity index (χ4v) is 2.25. The molecule has 0 N–H and O–H groups in total. The number of rotatable bonds is 5. The molecule has 1 heterocycles. The first-order chi connectivity index (χ1) is 9.72. The quantitative estimate of drug-likeness (QED) is 0.829. The summed E-state index contributed by atoms with van der Waals surface area (Å²) in [5, 5.41) is 9.08. The lowest BCUT2D eigenvalue weighted by atomic mass is 10.1. The van der Waals surface area contributed by atoms with Gasteiger partial charge in [-0.05, 0) is 25.0 Å². The lowest BCUT2D eigenvalue weighted by Crippen LogP contribution is -2.33. The standard InChI is InChI=1S/C15H17FN2O2/c16-13-5-1-2-6-14(13)20-10-7-12(11-17)15(19)18-8-3-4-9-18/h1-2,5-6,12H,3-4,7-10H2. The predicted octanol–water partition coefficient (Wildman–Crippen LogP) is 2.36. The third-order valence-corrected chi connectivity index (χ3v) is 3.37. The van der Waals surface area contributed by atoms with Crippen LogP contribution in [0.2, 0.25) is 0 Å². The number of carbonyl (C=O) groups excluding carboxylic acids is 1. The Morgan fingerprint density at radius 1 is 1.40 bits per heavy atom. The van der Waals surface area contributed by atoms with Gasteiger partial charge in [0.2, 0.25) is 5.91 Å². The molecule has 0 bridgehead atoms. The van der Waals surface area contributed by atoms with Crippen LogP contribution in [0.15, 0.2) is 24.3 Å². The zero-order chi connectivity index (χ0) is 14.4. The third-order valence-electron chi connectivity index (χ3n) is 3.37. The van der Waals surface area contributed by atoms with Gasteiger partial charge in [-0.3, -0.25) is 4.79 Å². The maximum absolute atomic E-state index is 13.3. The lowest BCUT2D eigenvalue weighted by molar-refractivity contribution is -0.133. The van der Waals surface area contributed by atoms with Crippen molar-refractivity contribution in [3.63, 3.8) is 0 Å². The average molecular weight is 276 g/mol. The van der Waals surface area contributed by atoms with Gasteiger partial charge in [-0.2, -0.15) is 5.26 Å². The molecule has 1 atom stereocenters.